The molecule has 1 aromatic carbocycles. The lowest BCUT2D eigenvalue weighted by Crippen LogP contribution is -2.26. The Bertz CT molecular complexity index is 425. The lowest BCUT2D eigenvalue weighted by atomic mass is 10.1. The van der Waals surface area contributed by atoms with Crippen molar-refractivity contribution in [2.45, 2.75) is 12.5 Å². The molecule has 100 valence electrons. The lowest BCUT2D eigenvalue weighted by molar-refractivity contribution is -0.170. The molecule has 0 aliphatic rings. The van der Waals surface area contributed by atoms with Crippen molar-refractivity contribution in [2.75, 3.05) is 21.3 Å². The Morgan fingerprint density at radius 1 is 1.50 bits per heavy atom. The highest BCUT2D eigenvalue weighted by Gasteiger charge is 2.19. The smallest absolute Gasteiger partial charge is 0.248 e. The number of aliphatic hydroxyl groups excluding tert-OH is 1. The van der Waals surface area contributed by atoms with Crippen molar-refractivity contribution >= 4 is 21.8 Å². The summed E-state index contributed by atoms with van der Waals surface area (Å²) in [7, 11) is 4.40. The van der Waals surface area contributed by atoms with Gasteiger partial charge in [-0.1, -0.05) is 15.9 Å². The van der Waals surface area contributed by atoms with E-state index in [0.29, 0.717) is 11.3 Å². The third kappa shape index (κ3) is 3.69. The number of hydrogen-bond donors (Lipinski definition) is 1. The van der Waals surface area contributed by atoms with E-state index in [4.69, 9.17) is 9.57 Å². The summed E-state index contributed by atoms with van der Waals surface area (Å²) in [5, 5.41) is 11.1. The van der Waals surface area contributed by atoms with Gasteiger partial charge in [-0.3, -0.25) is 9.63 Å². The zero-order valence-corrected chi connectivity index (χ0v) is 12.1. The lowest BCUT2D eigenvalue weighted by Gasteiger charge is -2.18. The van der Waals surface area contributed by atoms with Crippen molar-refractivity contribution in [1.82, 2.24) is 5.06 Å². The maximum atomic E-state index is 11.6. The number of rotatable bonds is 5. The van der Waals surface area contributed by atoms with Crippen molar-refractivity contribution in [1.29, 1.82) is 0 Å². The van der Waals surface area contributed by atoms with Crippen molar-refractivity contribution in [2.24, 2.45) is 0 Å². The van der Waals surface area contributed by atoms with Crippen LogP contribution < -0.4 is 4.74 Å². The number of aliphatic hydroxyl groups is 1. The van der Waals surface area contributed by atoms with Crippen molar-refractivity contribution < 1.29 is 19.5 Å². The van der Waals surface area contributed by atoms with Gasteiger partial charge in [0.15, 0.2) is 0 Å². The molecule has 5 nitrogen and oxygen atoms in total. The minimum atomic E-state index is -0.942. The SMILES string of the molecule is COc1ccc(Br)cc1C(O)CC(=O)N(C)OC. The van der Waals surface area contributed by atoms with Crippen LogP contribution in [0.25, 0.3) is 0 Å². The minimum Gasteiger partial charge on any atom is -0.496 e. The predicted molar refractivity (Wildman–Crippen MR) is 70.0 cm³/mol. The number of benzene rings is 1. The Kier molecular flexibility index (Phi) is 5.58. The van der Waals surface area contributed by atoms with Crippen LogP contribution in [0.15, 0.2) is 22.7 Å². The first-order chi connectivity index (χ1) is 8.49. The molecule has 0 radical (unpaired) electrons. The molecular formula is C12H16BrNO4. The Morgan fingerprint density at radius 2 is 2.17 bits per heavy atom. The number of hydrogen-bond acceptors (Lipinski definition) is 4. The van der Waals surface area contributed by atoms with Gasteiger partial charge < -0.3 is 9.84 Å². The van der Waals surface area contributed by atoms with E-state index in [0.717, 1.165) is 9.54 Å². The first-order valence-corrected chi connectivity index (χ1v) is 6.11. The van der Waals surface area contributed by atoms with E-state index >= 15 is 0 Å². The fourth-order valence-corrected chi connectivity index (χ4v) is 1.85. The van der Waals surface area contributed by atoms with Crippen LogP contribution in [0.1, 0.15) is 18.1 Å². The molecule has 1 unspecified atom stereocenters. The predicted octanol–water partition coefficient (Wildman–Crippen LogP) is 1.90. The number of nitrogens with zero attached hydrogens (tertiary/aromatic N) is 1. The maximum absolute atomic E-state index is 11.6. The number of carbonyl (C=O) groups is 1. The molecule has 1 N–H and O–H groups in total. The molecule has 1 atom stereocenters. The highest BCUT2D eigenvalue weighted by molar-refractivity contribution is 9.10. The largest absolute Gasteiger partial charge is 0.496 e. The molecule has 1 rings (SSSR count). The van der Waals surface area contributed by atoms with Gasteiger partial charge in [0.05, 0.1) is 26.7 Å². The monoisotopic (exact) mass is 317 g/mol. The molecule has 0 aromatic heterocycles. The average Bonchev–Trinajstić information content (AvgIpc) is 2.37. The summed E-state index contributed by atoms with van der Waals surface area (Å²) in [6.45, 7) is 0. The molecule has 0 aliphatic carbocycles. The van der Waals surface area contributed by atoms with Gasteiger partial charge in [-0.2, -0.15) is 0 Å². The van der Waals surface area contributed by atoms with Gasteiger partial charge in [-0.05, 0) is 18.2 Å². The number of methoxy groups -OCH3 is 1. The van der Waals surface area contributed by atoms with E-state index in [-0.39, 0.29) is 12.3 Å². The molecule has 0 spiro atoms. The Morgan fingerprint density at radius 3 is 2.72 bits per heavy atom. The Hall–Kier alpha value is -1.11. The number of halogens is 1. The van der Waals surface area contributed by atoms with Crippen LogP contribution in [0.5, 0.6) is 5.75 Å². The van der Waals surface area contributed by atoms with Crippen molar-refractivity contribution in [3.05, 3.63) is 28.2 Å². The maximum Gasteiger partial charge on any atom is 0.248 e. The molecule has 1 amide bonds. The number of ether oxygens (including phenoxy) is 1. The fourth-order valence-electron chi connectivity index (χ4n) is 1.47. The van der Waals surface area contributed by atoms with Gasteiger partial charge in [0.25, 0.3) is 0 Å². The van der Waals surface area contributed by atoms with Crippen LogP contribution in [-0.4, -0.2) is 37.3 Å². The molecule has 18 heavy (non-hydrogen) atoms. The number of carbonyl (C=O) groups excluding carboxylic acids is 1. The second-order valence-corrected chi connectivity index (χ2v) is 4.60. The van der Waals surface area contributed by atoms with Gasteiger partial charge >= 0.3 is 0 Å². The summed E-state index contributed by atoms with van der Waals surface area (Å²) in [6, 6.07) is 5.26. The summed E-state index contributed by atoms with van der Waals surface area (Å²) >= 11 is 3.32. The molecule has 0 bridgehead atoms. The summed E-state index contributed by atoms with van der Waals surface area (Å²) in [6.07, 6.45) is -1.01. The molecular weight excluding hydrogens is 302 g/mol. The quantitative estimate of drug-likeness (QED) is 0.843. The zero-order chi connectivity index (χ0) is 13.7. The van der Waals surface area contributed by atoms with Crippen LogP contribution >= 0.6 is 15.9 Å². The third-order valence-corrected chi connectivity index (χ3v) is 3.04. The third-order valence-electron chi connectivity index (χ3n) is 2.54. The van der Waals surface area contributed by atoms with Crippen LogP contribution in [0.4, 0.5) is 0 Å². The Balaban J connectivity index is 2.86. The first kappa shape index (κ1) is 14.9. The summed E-state index contributed by atoms with van der Waals surface area (Å²) in [5.41, 5.74) is 0.560. The molecule has 0 aliphatic heterocycles. The highest BCUT2D eigenvalue weighted by atomic mass is 79.9. The Labute approximate surface area is 114 Å². The molecule has 0 heterocycles. The summed E-state index contributed by atoms with van der Waals surface area (Å²) in [4.78, 5) is 16.4. The first-order valence-electron chi connectivity index (χ1n) is 5.31. The van der Waals surface area contributed by atoms with E-state index in [2.05, 4.69) is 15.9 Å². The van der Waals surface area contributed by atoms with Gasteiger partial charge in [0.1, 0.15) is 5.75 Å². The van der Waals surface area contributed by atoms with E-state index in [9.17, 15) is 9.90 Å². The van der Waals surface area contributed by atoms with E-state index in [1.165, 1.54) is 21.3 Å². The average molecular weight is 318 g/mol. The van der Waals surface area contributed by atoms with E-state index in [1.807, 2.05) is 0 Å². The van der Waals surface area contributed by atoms with Crippen molar-refractivity contribution in [3.8, 4) is 5.75 Å². The normalized spacial score (nSPS) is 12.1. The van der Waals surface area contributed by atoms with Gasteiger partial charge in [0.2, 0.25) is 5.91 Å². The number of hydroxylamine groups is 2. The van der Waals surface area contributed by atoms with E-state index < -0.39 is 6.10 Å². The number of amides is 1. The van der Waals surface area contributed by atoms with Crippen LogP contribution in [-0.2, 0) is 9.63 Å². The molecule has 0 fully saturated rings. The fraction of sp³-hybridized carbons (Fsp3) is 0.417. The zero-order valence-electron chi connectivity index (χ0n) is 10.5. The molecule has 0 saturated carbocycles. The van der Waals surface area contributed by atoms with Crippen molar-refractivity contribution in [3.63, 3.8) is 0 Å². The van der Waals surface area contributed by atoms with Crippen LogP contribution in [0, 0.1) is 0 Å². The molecule has 0 saturated heterocycles. The topological polar surface area (TPSA) is 59.0 Å². The van der Waals surface area contributed by atoms with Gasteiger partial charge in [-0.15, -0.1) is 0 Å². The summed E-state index contributed by atoms with van der Waals surface area (Å²) < 4.78 is 5.96. The second-order valence-electron chi connectivity index (χ2n) is 3.68. The summed E-state index contributed by atoms with van der Waals surface area (Å²) in [5.74, 6) is 0.227. The molecule has 6 heteroatoms. The van der Waals surface area contributed by atoms with Gasteiger partial charge in [-0.25, -0.2) is 5.06 Å². The minimum absolute atomic E-state index is 0.0723. The van der Waals surface area contributed by atoms with E-state index in [1.54, 1.807) is 18.2 Å². The second kappa shape index (κ2) is 6.72. The van der Waals surface area contributed by atoms with Crippen LogP contribution in [0.2, 0.25) is 0 Å². The van der Waals surface area contributed by atoms with Gasteiger partial charge in [0, 0.05) is 17.1 Å². The standard InChI is InChI=1S/C12H16BrNO4/c1-14(18-3)12(16)7-10(15)9-6-8(13)4-5-11(9)17-2/h4-6,10,15H,7H2,1-3H3. The van der Waals surface area contributed by atoms with Crippen LogP contribution in [0.3, 0.4) is 0 Å². The highest BCUT2D eigenvalue weighted by Crippen LogP contribution is 2.30. The molecule has 1 aromatic rings.